The molecule has 1 aromatic carbocycles. The van der Waals surface area contributed by atoms with Crippen LogP contribution in [0.5, 0.6) is 0 Å². The average molecular weight is 201 g/mol. The number of pyridine rings is 1. The van der Waals surface area contributed by atoms with Crippen LogP contribution in [0.4, 0.5) is 4.39 Å². The number of rotatable bonds is 0. The topological polar surface area (TPSA) is 26.0 Å². The Morgan fingerprint density at radius 2 is 2.00 bits per heavy atom. The van der Waals surface area contributed by atoms with Gasteiger partial charge in [-0.3, -0.25) is 0 Å². The lowest BCUT2D eigenvalue weighted by atomic mass is 10.1. The summed E-state index contributed by atoms with van der Waals surface area (Å²) in [6, 6.07) is 8.49. The highest BCUT2D eigenvalue weighted by molar-refractivity contribution is 6.04. The van der Waals surface area contributed by atoms with Gasteiger partial charge in [-0.15, -0.1) is 0 Å². The summed E-state index contributed by atoms with van der Waals surface area (Å²) >= 11 is 0. The second-order valence-corrected chi connectivity index (χ2v) is 3.51. The molecule has 0 unspecified atom stereocenters. The number of para-hydroxylation sites is 1. The SMILES string of the molecule is Cc1nc2ccccc2c2cc(F)oc12. The van der Waals surface area contributed by atoms with Gasteiger partial charge in [-0.1, -0.05) is 18.2 Å². The third kappa shape index (κ3) is 1.13. The van der Waals surface area contributed by atoms with E-state index in [0.717, 1.165) is 16.3 Å². The molecule has 0 radical (unpaired) electrons. The van der Waals surface area contributed by atoms with Crippen LogP contribution in [0, 0.1) is 12.9 Å². The number of benzene rings is 1. The fourth-order valence-corrected chi connectivity index (χ4v) is 1.86. The molecule has 0 saturated heterocycles. The molecule has 0 aliphatic heterocycles. The van der Waals surface area contributed by atoms with E-state index in [1.807, 2.05) is 31.2 Å². The zero-order valence-electron chi connectivity index (χ0n) is 8.12. The van der Waals surface area contributed by atoms with Gasteiger partial charge >= 0.3 is 0 Å². The summed E-state index contributed by atoms with van der Waals surface area (Å²) in [5.74, 6) is 0. The van der Waals surface area contributed by atoms with E-state index in [2.05, 4.69) is 4.98 Å². The molecule has 3 rings (SSSR count). The number of furan rings is 1. The van der Waals surface area contributed by atoms with Crippen LogP contribution >= 0.6 is 0 Å². The summed E-state index contributed by atoms with van der Waals surface area (Å²) in [6.07, 6.45) is 0. The normalized spacial score (nSPS) is 11.3. The third-order valence-electron chi connectivity index (χ3n) is 2.51. The Bertz CT molecular complexity index is 657. The molecule has 0 aliphatic carbocycles. The molecule has 0 N–H and O–H groups in total. The summed E-state index contributed by atoms with van der Waals surface area (Å²) in [5.41, 5.74) is 2.11. The number of aromatic nitrogens is 1. The van der Waals surface area contributed by atoms with Crippen molar-refractivity contribution in [3.05, 3.63) is 42.0 Å². The first-order valence-electron chi connectivity index (χ1n) is 4.70. The van der Waals surface area contributed by atoms with Crippen molar-refractivity contribution in [3.8, 4) is 0 Å². The third-order valence-corrected chi connectivity index (χ3v) is 2.51. The standard InChI is InChI=1S/C12H8FNO/c1-7-12-9(6-11(13)15-12)8-4-2-3-5-10(8)14-7/h2-6H,1H3. The first kappa shape index (κ1) is 8.41. The molecule has 0 amide bonds. The van der Waals surface area contributed by atoms with E-state index in [-0.39, 0.29) is 0 Å². The predicted octanol–water partition coefficient (Wildman–Crippen LogP) is 3.43. The molecule has 15 heavy (non-hydrogen) atoms. The fourth-order valence-electron chi connectivity index (χ4n) is 1.86. The molecule has 2 nitrogen and oxygen atoms in total. The van der Waals surface area contributed by atoms with Gasteiger partial charge in [-0.25, -0.2) is 4.98 Å². The monoisotopic (exact) mass is 201 g/mol. The Labute approximate surface area is 85.3 Å². The minimum Gasteiger partial charge on any atom is -0.429 e. The maximum absolute atomic E-state index is 13.0. The van der Waals surface area contributed by atoms with Gasteiger partial charge in [0.15, 0.2) is 5.58 Å². The maximum Gasteiger partial charge on any atom is 0.278 e. The van der Waals surface area contributed by atoms with Gasteiger partial charge < -0.3 is 4.42 Å². The zero-order chi connectivity index (χ0) is 10.4. The Morgan fingerprint density at radius 1 is 1.20 bits per heavy atom. The lowest BCUT2D eigenvalue weighted by Crippen LogP contribution is -1.84. The van der Waals surface area contributed by atoms with E-state index in [1.54, 1.807) is 0 Å². The van der Waals surface area contributed by atoms with Crippen molar-refractivity contribution >= 4 is 21.9 Å². The highest BCUT2D eigenvalue weighted by atomic mass is 19.1. The van der Waals surface area contributed by atoms with Crippen molar-refractivity contribution in [1.82, 2.24) is 4.98 Å². The van der Waals surface area contributed by atoms with E-state index in [4.69, 9.17) is 4.42 Å². The van der Waals surface area contributed by atoms with E-state index in [1.165, 1.54) is 6.07 Å². The lowest BCUT2D eigenvalue weighted by Gasteiger charge is -1.99. The number of fused-ring (bicyclic) bond motifs is 3. The molecule has 0 spiro atoms. The van der Waals surface area contributed by atoms with Gasteiger partial charge in [-0.05, 0) is 13.0 Å². The largest absolute Gasteiger partial charge is 0.429 e. The van der Waals surface area contributed by atoms with Gasteiger partial charge in [0.1, 0.15) is 0 Å². The number of nitrogens with zero attached hydrogens (tertiary/aromatic N) is 1. The second kappa shape index (κ2) is 2.79. The predicted molar refractivity (Wildman–Crippen MR) is 56.2 cm³/mol. The van der Waals surface area contributed by atoms with Crippen molar-refractivity contribution in [2.75, 3.05) is 0 Å². The number of halogens is 1. The lowest BCUT2D eigenvalue weighted by molar-refractivity contribution is 0.379. The van der Waals surface area contributed by atoms with Crippen molar-refractivity contribution in [2.45, 2.75) is 6.92 Å². The van der Waals surface area contributed by atoms with Crippen molar-refractivity contribution in [1.29, 1.82) is 0 Å². The molecule has 0 fully saturated rings. The van der Waals surface area contributed by atoms with E-state index >= 15 is 0 Å². The van der Waals surface area contributed by atoms with Crippen LogP contribution in [0.2, 0.25) is 0 Å². The molecule has 0 aliphatic rings. The van der Waals surface area contributed by atoms with Crippen molar-refractivity contribution < 1.29 is 8.81 Å². The summed E-state index contributed by atoms with van der Waals surface area (Å²) in [4.78, 5) is 4.36. The van der Waals surface area contributed by atoms with Gasteiger partial charge in [0, 0.05) is 16.8 Å². The van der Waals surface area contributed by atoms with Crippen LogP contribution < -0.4 is 0 Å². The Hall–Kier alpha value is -1.90. The van der Waals surface area contributed by atoms with Crippen LogP contribution in [0.25, 0.3) is 21.9 Å². The number of hydrogen-bond acceptors (Lipinski definition) is 2. The molecule has 3 aromatic rings. The maximum atomic E-state index is 13.0. The highest BCUT2D eigenvalue weighted by Gasteiger charge is 2.10. The molecule has 0 bridgehead atoms. The van der Waals surface area contributed by atoms with Gasteiger partial charge in [-0.2, -0.15) is 4.39 Å². The summed E-state index contributed by atoms with van der Waals surface area (Å²) in [6.45, 7) is 1.82. The van der Waals surface area contributed by atoms with Gasteiger partial charge in [0.2, 0.25) is 0 Å². The summed E-state index contributed by atoms with van der Waals surface area (Å²) in [5, 5.41) is 1.71. The van der Waals surface area contributed by atoms with Crippen LogP contribution in [0.15, 0.2) is 34.7 Å². The molecular weight excluding hydrogens is 193 g/mol. The molecule has 3 heteroatoms. The second-order valence-electron chi connectivity index (χ2n) is 3.51. The minimum absolute atomic E-state index is 0.534. The van der Waals surface area contributed by atoms with Crippen molar-refractivity contribution in [2.24, 2.45) is 0 Å². The van der Waals surface area contributed by atoms with Crippen LogP contribution in [0.1, 0.15) is 5.69 Å². The quantitative estimate of drug-likeness (QED) is 0.557. The highest BCUT2D eigenvalue weighted by Crippen LogP contribution is 2.28. The Kier molecular flexibility index (Phi) is 1.57. The number of aryl methyl sites for hydroxylation is 1. The molecule has 2 aromatic heterocycles. The fraction of sp³-hybridized carbons (Fsp3) is 0.0833. The van der Waals surface area contributed by atoms with E-state index in [9.17, 15) is 4.39 Å². The molecule has 0 saturated carbocycles. The minimum atomic E-state index is -0.564. The summed E-state index contributed by atoms with van der Waals surface area (Å²) < 4.78 is 18.0. The Balaban J connectivity index is 2.63. The molecular formula is C12H8FNO. The van der Waals surface area contributed by atoms with E-state index in [0.29, 0.717) is 11.3 Å². The Morgan fingerprint density at radius 3 is 2.87 bits per heavy atom. The van der Waals surface area contributed by atoms with E-state index < -0.39 is 6.01 Å². The van der Waals surface area contributed by atoms with Gasteiger partial charge in [0.05, 0.1) is 11.2 Å². The number of hydrogen-bond donors (Lipinski definition) is 0. The molecule has 74 valence electrons. The first-order chi connectivity index (χ1) is 7.25. The molecule has 0 atom stereocenters. The van der Waals surface area contributed by atoms with Gasteiger partial charge in [0.25, 0.3) is 6.01 Å². The van der Waals surface area contributed by atoms with Crippen LogP contribution in [-0.2, 0) is 0 Å². The smallest absolute Gasteiger partial charge is 0.278 e. The average Bonchev–Trinajstić information content (AvgIpc) is 2.61. The zero-order valence-corrected chi connectivity index (χ0v) is 8.12. The van der Waals surface area contributed by atoms with Crippen molar-refractivity contribution in [3.63, 3.8) is 0 Å². The molecule has 2 heterocycles. The summed E-state index contributed by atoms with van der Waals surface area (Å²) in [7, 11) is 0. The van der Waals surface area contributed by atoms with Crippen LogP contribution in [0.3, 0.4) is 0 Å². The first-order valence-corrected chi connectivity index (χ1v) is 4.70. The van der Waals surface area contributed by atoms with Crippen LogP contribution in [-0.4, -0.2) is 4.98 Å².